The lowest BCUT2D eigenvalue weighted by molar-refractivity contribution is -0.385. The van der Waals surface area contributed by atoms with Crippen LogP contribution in [0.2, 0.25) is 10.0 Å². The van der Waals surface area contributed by atoms with Crippen molar-refractivity contribution in [2.45, 2.75) is 13.0 Å². The molecule has 2 aromatic carbocycles. The Morgan fingerprint density at radius 2 is 1.92 bits per heavy atom. The van der Waals surface area contributed by atoms with Gasteiger partial charge in [-0.15, -0.1) is 0 Å². The molecule has 1 unspecified atom stereocenters. The maximum atomic E-state index is 12.1. The van der Waals surface area contributed by atoms with Gasteiger partial charge in [0.25, 0.3) is 11.6 Å². The molecule has 0 spiro atoms. The molecule has 0 radical (unpaired) electrons. The van der Waals surface area contributed by atoms with Gasteiger partial charge >= 0.3 is 0 Å². The number of non-ortho nitro benzene ring substituents is 1. The van der Waals surface area contributed by atoms with Crippen LogP contribution >= 0.6 is 23.2 Å². The molecule has 7 nitrogen and oxygen atoms in total. The second kappa shape index (κ2) is 8.73. The number of ether oxygens (including phenoxy) is 2. The molecule has 0 heterocycles. The van der Waals surface area contributed by atoms with Gasteiger partial charge in [-0.1, -0.05) is 29.3 Å². The lowest BCUT2D eigenvalue weighted by atomic mass is 10.1. The summed E-state index contributed by atoms with van der Waals surface area (Å²) in [5, 5.41) is 14.4. The average Bonchev–Trinajstić information content (AvgIpc) is 2.61. The predicted octanol–water partition coefficient (Wildman–Crippen LogP) is 4.17. The van der Waals surface area contributed by atoms with Crippen molar-refractivity contribution < 1.29 is 19.2 Å². The Kier molecular flexibility index (Phi) is 6.65. The minimum Gasteiger partial charge on any atom is -0.493 e. The Morgan fingerprint density at radius 1 is 1.19 bits per heavy atom. The molecule has 26 heavy (non-hydrogen) atoms. The van der Waals surface area contributed by atoms with E-state index in [0.717, 1.165) is 5.56 Å². The van der Waals surface area contributed by atoms with Gasteiger partial charge in [-0.25, -0.2) is 0 Å². The van der Waals surface area contributed by atoms with Gasteiger partial charge in [-0.2, -0.15) is 0 Å². The summed E-state index contributed by atoms with van der Waals surface area (Å²) in [6.45, 7) is 1.45. The van der Waals surface area contributed by atoms with Gasteiger partial charge in [-0.05, 0) is 30.7 Å². The van der Waals surface area contributed by atoms with Crippen molar-refractivity contribution in [3.8, 4) is 11.5 Å². The Balaban J connectivity index is 2.01. The van der Waals surface area contributed by atoms with Crippen LogP contribution in [0.15, 0.2) is 36.4 Å². The summed E-state index contributed by atoms with van der Waals surface area (Å²) in [6.07, 6.45) is 0. The number of benzene rings is 2. The fourth-order valence-electron chi connectivity index (χ4n) is 2.18. The van der Waals surface area contributed by atoms with Gasteiger partial charge in [0.05, 0.1) is 34.2 Å². The molecular weight excluding hydrogens is 383 g/mol. The summed E-state index contributed by atoms with van der Waals surface area (Å²) in [4.78, 5) is 22.4. The number of halogens is 2. The minimum absolute atomic E-state index is 0.110. The van der Waals surface area contributed by atoms with E-state index < -0.39 is 10.8 Å². The highest BCUT2D eigenvalue weighted by molar-refractivity contribution is 6.42. The van der Waals surface area contributed by atoms with Crippen LogP contribution in [-0.4, -0.2) is 24.5 Å². The number of amides is 1. The smallest absolute Gasteiger partial charge is 0.273 e. The first kappa shape index (κ1) is 19.8. The lowest BCUT2D eigenvalue weighted by Gasteiger charge is -2.16. The normalized spacial score (nSPS) is 11.5. The van der Waals surface area contributed by atoms with Crippen LogP contribution in [0.1, 0.15) is 18.5 Å². The Morgan fingerprint density at radius 3 is 2.54 bits per heavy atom. The van der Waals surface area contributed by atoms with Crippen LogP contribution in [0.3, 0.4) is 0 Å². The second-order valence-corrected chi connectivity index (χ2v) is 6.16. The van der Waals surface area contributed by atoms with E-state index in [0.29, 0.717) is 15.8 Å². The van der Waals surface area contributed by atoms with E-state index in [-0.39, 0.29) is 24.1 Å². The Bertz CT molecular complexity index is 829. The first-order valence-corrected chi connectivity index (χ1v) is 8.27. The highest BCUT2D eigenvalue weighted by atomic mass is 35.5. The van der Waals surface area contributed by atoms with Gasteiger partial charge in [0.15, 0.2) is 18.1 Å². The van der Waals surface area contributed by atoms with Crippen LogP contribution in [0, 0.1) is 10.1 Å². The zero-order valence-corrected chi connectivity index (χ0v) is 15.5. The predicted molar refractivity (Wildman–Crippen MR) is 98.2 cm³/mol. The van der Waals surface area contributed by atoms with E-state index in [1.165, 1.54) is 25.3 Å². The fraction of sp³-hybridized carbons (Fsp3) is 0.235. The molecule has 0 saturated heterocycles. The van der Waals surface area contributed by atoms with Crippen molar-refractivity contribution in [3.05, 3.63) is 62.1 Å². The summed E-state index contributed by atoms with van der Waals surface area (Å²) in [6, 6.07) is 8.64. The lowest BCUT2D eigenvalue weighted by Crippen LogP contribution is -2.31. The standard InChI is InChI=1S/C17H16Cl2N2O5/c1-10(11-3-5-13(18)14(19)7-11)20-17(22)9-26-16-8-12(21(23)24)4-6-15(16)25-2/h3-8,10H,9H2,1-2H3,(H,20,22). The fourth-order valence-corrected chi connectivity index (χ4v) is 2.49. The highest BCUT2D eigenvalue weighted by Gasteiger charge is 2.15. The van der Waals surface area contributed by atoms with Crippen LogP contribution < -0.4 is 14.8 Å². The van der Waals surface area contributed by atoms with Crippen LogP contribution in [0.5, 0.6) is 11.5 Å². The number of nitro benzene ring substituents is 1. The number of hydrogen-bond donors (Lipinski definition) is 1. The van der Waals surface area contributed by atoms with E-state index in [4.69, 9.17) is 32.7 Å². The van der Waals surface area contributed by atoms with Crippen LogP contribution in [-0.2, 0) is 4.79 Å². The van der Waals surface area contributed by atoms with E-state index >= 15 is 0 Å². The Hall–Kier alpha value is -2.51. The Labute approximate surface area is 160 Å². The van der Waals surface area contributed by atoms with Crippen molar-refractivity contribution in [2.75, 3.05) is 13.7 Å². The number of methoxy groups -OCH3 is 1. The molecule has 0 fully saturated rings. The third kappa shape index (κ3) is 5.00. The maximum Gasteiger partial charge on any atom is 0.273 e. The first-order valence-electron chi connectivity index (χ1n) is 7.51. The molecule has 0 bridgehead atoms. The molecule has 1 atom stereocenters. The number of carbonyl (C=O) groups is 1. The number of nitrogens with one attached hydrogen (secondary N) is 1. The molecule has 2 aromatic rings. The van der Waals surface area contributed by atoms with E-state index in [1.807, 2.05) is 0 Å². The number of rotatable bonds is 7. The van der Waals surface area contributed by atoms with Gasteiger partial charge in [0.2, 0.25) is 0 Å². The van der Waals surface area contributed by atoms with Crippen LogP contribution in [0.25, 0.3) is 0 Å². The topological polar surface area (TPSA) is 90.7 Å². The third-order valence-corrected chi connectivity index (χ3v) is 4.28. The van der Waals surface area contributed by atoms with Crippen molar-refractivity contribution in [1.29, 1.82) is 0 Å². The zero-order valence-electron chi connectivity index (χ0n) is 14.0. The molecule has 0 aromatic heterocycles. The molecule has 1 N–H and O–H groups in total. The second-order valence-electron chi connectivity index (χ2n) is 5.34. The molecular formula is C17H16Cl2N2O5. The molecule has 1 amide bonds. The number of nitrogens with zero attached hydrogens (tertiary/aromatic N) is 1. The van der Waals surface area contributed by atoms with Crippen LogP contribution in [0.4, 0.5) is 5.69 Å². The molecule has 2 rings (SSSR count). The van der Waals surface area contributed by atoms with Gasteiger partial charge in [0.1, 0.15) is 0 Å². The van der Waals surface area contributed by atoms with Crippen molar-refractivity contribution in [1.82, 2.24) is 5.32 Å². The molecule has 9 heteroatoms. The summed E-state index contributed by atoms with van der Waals surface area (Å²) in [5.74, 6) is -0.00268. The van der Waals surface area contributed by atoms with Gasteiger partial charge < -0.3 is 14.8 Å². The number of carbonyl (C=O) groups excluding carboxylic acids is 1. The summed E-state index contributed by atoms with van der Waals surface area (Å²) in [5.41, 5.74) is 0.617. The number of nitro groups is 1. The maximum absolute atomic E-state index is 12.1. The SMILES string of the molecule is COc1ccc([N+](=O)[O-])cc1OCC(=O)NC(C)c1ccc(Cl)c(Cl)c1. The molecule has 0 saturated carbocycles. The molecule has 0 aliphatic rings. The monoisotopic (exact) mass is 398 g/mol. The third-order valence-electron chi connectivity index (χ3n) is 3.54. The van der Waals surface area contributed by atoms with Crippen molar-refractivity contribution >= 4 is 34.8 Å². The molecule has 0 aliphatic heterocycles. The first-order chi connectivity index (χ1) is 12.3. The summed E-state index contributed by atoms with van der Waals surface area (Å²) in [7, 11) is 1.40. The number of hydrogen-bond acceptors (Lipinski definition) is 5. The zero-order chi connectivity index (χ0) is 19.3. The summed E-state index contributed by atoms with van der Waals surface area (Å²) >= 11 is 11.8. The van der Waals surface area contributed by atoms with Gasteiger partial charge in [-0.3, -0.25) is 14.9 Å². The summed E-state index contributed by atoms with van der Waals surface area (Å²) < 4.78 is 10.5. The molecule has 0 aliphatic carbocycles. The highest BCUT2D eigenvalue weighted by Crippen LogP contribution is 2.31. The average molecular weight is 399 g/mol. The van der Waals surface area contributed by atoms with E-state index in [2.05, 4.69) is 5.32 Å². The minimum atomic E-state index is -0.557. The molecule has 138 valence electrons. The quantitative estimate of drug-likeness (QED) is 0.558. The largest absolute Gasteiger partial charge is 0.493 e. The van der Waals surface area contributed by atoms with E-state index in [9.17, 15) is 14.9 Å². The van der Waals surface area contributed by atoms with Crippen molar-refractivity contribution in [2.24, 2.45) is 0 Å². The van der Waals surface area contributed by atoms with Gasteiger partial charge in [0, 0.05) is 6.07 Å². The van der Waals surface area contributed by atoms with Crippen molar-refractivity contribution in [3.63, 3.8) is 0 Å². The van der Waals surface area contributed by atoms with E-state index in [1.54, 1.807) is 25.1 Å².